The van der Waals surface area contributed by atoms with E-state index in [1.54, 1.807) is 0 Å². The van der Waals surface area contributed by atoms with Gasteiger partial charge in [-0.1, -0.05) is 0 Å². The third kappa shape index (κ3) is 2.15. The van der Waals surface area contributed by atoms with Gasteiger partial charge in [0.25, 0.3) is 0 Å². The molecule has 10 nitrogen and oxygen atoms in total. The standard InChI is InChI=1S/C7H5N4O6/c1-8-4-2-3-5(9(12)13)7(11(16)17)6(4)10(14)15/h2-3H,1H3/q+1. The van der Waals surface area contributed by atoms with E-state index in [0.717, 1.165) is 12.1 Å². The summed E-state index contributed by atoms with van der Waals surface area (Å²) >= 11 is 0. The van der Waals surface area contributed by atoms with Gasteiger partial charge >= 0.3 is 22.7 Å². The van der Waals surface area contributed by atoms with Crippen molar-refractivity contribution in [3.05, 3.63) is 42.5 Å². The molecule has 2 radical (unpaired) electrons. The summed E-state index contributed by atoms with van der Waals surface area (Å²) in [7, 11) is 1.19. The van der Waals surface area contributed by atoms with Crippen LogP contribution in [0.2, 0.25) is 0 Å². The van der Waals surface area contributed by atoms with Crippen molar-refractivity contribution in [2.24, 2.45) is 0 Å². The highest BCUT2D eigenvalue weighted by Gasteiger charge is 2.42. The minimum absolute atomic E-state index is 0.285. The van der Waals surface area contributed by atoms with Crippen LogP contribution in [0.25, 0.3) is 0 Å². The molecule has 0 aliphatic carbocycles. The molecule has 17 heavy (non-hydrogen) atoms. The number of nitro benzene ring substituents is 3. The molecule has 0 saturated heterocycles. The highest BCUT2D eigenvalue weighted by Crippen LogP contribution is 2.41. The van der Waals surface area contributed by atoms with Gasteiger partial charge in [0.1, 0.15) is 5.32 Å². The Morgan fingerprint density at radius 3 is 1.82 bits per heavy atom. The van der Waals surface area contributed by atoms with Crippen molar-refractivity contribution < 1.29 is 14.8 Å². The molecule has 10 heteroatoms. The van der Waals surface area contributed by atoms with Crippen molar-refractivity contribution in [1.29, 1.82) is 0 Å². The Morgan fingerprint density at radius 1 is 0.941 bits per heavy atom. The molecule has 1 aromatic rings. The van der Waals surface area contributed by atoms with Crippen molar-refractivity contribution in [3.63, 3.8) is 0 Å². The summed E-state index contributed by atoms with van der Waals surface area (Å²) in [6, 6.07) is 1.80. The predicted octanol–water partition coefficient (Wildman–Crippen LogP) is 1.28. The zero-order valence-electron chi connectivity index (χ0n) is 8.39. The zero-order valence-corrected chi connectivity index (χ0v) is 8.39. The van der Waals surface area contributed by atoms with Crippen LogP contribution in [-0.2, 0) is 0 Å². The molecular formula is C7H5N4O6+. The molecule has 0 aliphatic rings. The smallest absolute Gasteiger partial charge is 0.258 e. The van der Waals surface area contributed by atoms with E-state index in [4.69, 9.17) is 0 Å². The SMILES string of the molecule is C[N+]c1ccc([N+](=O)[O-])c([N+](=O)[O-])c1[N+](=O)[O-]. The van der Waals surface area contributed by atoms with Crippen molar-refractivity contribution in [2.75, 3.05) is 7.05 Å². The first-order valence-corrected chi connectivity index (χ1v) is 4.10. The Kier molecular flexibility index (Phi) is 3.29. The van der Waals surface area contributed by atoms with Crippen LogP contribution in [0.3, 0.4) is 0 Å². The Bertz CT molecular complexity index is 513. The number of nitro groups is 3. The Labute approximate surface area is 93.3 Å². The topological polar surface area (TPSA) is 144 Å². The van der Waals surface area contributed by atoms with Gasteiger partial charge in [-0.15, -0.1) is 0 Å². The third-order valence-corrected chi connectivity index (χ3v) is 1.91. The summed E-state index contributed by atoms with van der Waals surface area (Å²) in [5.41, 5.74) is -3.36. The van der Waals surface area contributed by atoms with Gasteiger partial charge in [0.2, 0.25) is 0 Å². The van der Waals surface area contributed by atoms with E-state index in [0.29, 0.717) is 0 Å². The van der Waals surface area contributed by atoms with Crippen LogP contribution in [0, 0.1) is 30.3 Å². The summed E-state index contributed by atoms with van der Waals surface area (Å²) in [6.45, 7) is 0. The minimum Gasteiger partial charge on any atom is -0.258 e. The van der Waals surface area contributed by atoms with Gasteiger partial charge in [-0.25, -0.2) is 0 Å². The third-order valence-electron chi connectivity index (χ3n) is 1.91. The zero-order chi connectivity index (χ0) is 13.2. The number of rotatable bonds is 4. The number of benzene rings is 1. The first-order chi connectivity index (χ1) is 7.90. The van der Waals surface area contributed by atoms with E-state index < -0.39 is 31.8 Å². The lowest BCUT2D eigenvalue weighted by molar-refractivity contribution is -0.440. The maximum atomic E-state index is 10.7. The van der Waals surface area contributed by atoms with E-state index in [2.05, 4.69) is 5.32 Å². The molecule has 0 aliphatic heterocycles. The van der Waals surface area contributed by atoms with Crippen molar-refractivity contribution >= 4 is 22.7 Å². The van der Waals surface area contributed by atoms with Crippen molar-refractivity contribution in [3.8, 4) is 0 Å². The lowest BCUT2D eigenvalue weighted by Gasteiger charge is -1.95. The molecule has 1 aromatic carbocycles. The van der Waals surface area contributed by atoms with Gasteiger partial charge in [-0.3, -0.25) is 30.3 Å². The van der Waals surface area contributed by atoms with E-state index >= 15 is 0 Å². The van der Waals surface area contributed by atoms with Gasteiger partial charge in [0.15, 0.2) is 7.05 Å². The van der Waals surface area contributed by atoms with Gasteiger partial charge in [0, 0.05) is 12.1 Å². The number of hydrogen-bond donors (Lipinski definition) is 0. The normalized spacial score (nSPS) is 9.94. The van der Waals surface area contributed by atoms with Gasteiger partial charge in [-0.05, 0) is 0 Å². The number of nitrogens with zero attached hydrogens (tertiary/aromatic N) is 4. The van der Waals surface area contributed by atoms with Crippen molar-refractivity contribution in [2.45, 2.75) is 0 Å². The lowest BCUT2D eigenvalue weighted by atomic mass is 10.2. The molecule has 88 valence electrons. The van der Waals surface area contributed by atoms with E-state index in [9.17, 15) is 30.3 Å². The Morgan fingerprint density at radius 2 is 1.47 bits per heavy atom. The molecule has 0 bridgehead atoms. The monoisotopic (exact) mass is 241 g/mol. The maximum absolute atomic E-state index is 10.7. The first-order valence-electron chi connectivity index (χ1n) is 4.10. The van der Waals surface area contributed by atoms with Crippen LogP contribution >= 0.6 is 0 Å². The van der Waals surface area contributed by atoms with Gasteiger partial charge < -0.3 is 0 Å². The van der Waals surface area contributed by atoms with Crippen LogP contribution in [0.15, 0.2) is 12.1 Å². The van der Waals surface area contributed by atoms with Crippen LogP contribution in [-0.4, -0.2) is 21.8 Å². The highest BCUT2D eigenvalue weighted by molar-refractivity contribution is 5.76. The molecule has 0 atom stereocenters. The Balaban J connectivity index is 3.71. The largest absolute Gasteiger partial charge is 0.429 e. The summed E-state index contributed by atoms with van der Waals surface area (Å²) in [5.74, 6) is 0. The van der Waals surface area contributed by atoms with Gasteiger partial charge in [0.05, 0.1) is 14.8 Å². The van der Waals surface area contributed by atoms with E-state index in [1.165, 1.54) is 7.05 Å². The molecule has 1 rings (SSSR count). The van der Waals surface area contributed by atoms with Crippen molar-refractivity contribution in [1.82, 2.24) is 5.32 Å². The average Bonchev–Trinajstić information content (AvgIpc) is 2.26. The average molecular weight is 241 g/mol. The molecule has 0 heterocycles. The van der Waals surface area contributed by atoms with E-state index in [-0.39, 0.29) is 5.69 Å². The maximum Gasteiger partial charge on any atom is 0.429 e. The summed E-state index contributed by atoms with van der Waals surface area (Å²) in [6.07, 6.45) is 0. The lowest BCUT2D eigenvalue weighted by Crippen LogP contribution is -2.04. The van der Waals surface area contributed by atoms with Crippen LogP contribution in [0.5, 0.6) is 0 Å². The summed E-state index contributed by atoms with van der Waals surface area (Å²) in [5, 5.41) is 35.4. The van der Waals surface area contributed by atoms with Crippen LogP contribution < -0.4 is 5.32 Å². The van der Waals surface area contributed by atoms with Crippen LogP contribution in [0.4, 0.5) is 22.7 Å². The van der Waals surface area contributed by atoms with E-state index in [1.807, 2.05) is 0 Å². The molecule has 0 unspecified atom stereocenters. The highest BCUT2D eigenvalue weighted by atomic mass is 16.6. The molecule has 0 aromatic heterocycles. The molecule has 0 spiro atoms. The molecular weight excluding hydrogens is 236 g/mol. The second kappa shape index (κ2) is 4.49. The predicted molar refractivity (Wildman–Crippen MR) is 54.1 cm³/mol. The Hall–Kier alpha value is -2.62. The quantitative estimate of drug-likeness (QED) is 0.573. The van der Waals surface area contributed by atoms with Gasteiger partial charge in [-0.2, -0.15) is 0 Å². The number of hydrogen-bond acceptors (Lipinski definition) is 6. The fraction of sp³-hybridized carbons (Fsp3) is 0.143. The first kappa shape index (κ1) is 12.4. The van der Waals surface area contributed by atoms with Crippen LogP contribution in [0.1, 0.15) is 0 Å². The second-order valence-corrected chi connectivity index (χ2v) is 2.80. The summed E-state index contributed by atoms with van der Waals surface area (Å²) < 4.78 is 0. The molecule has 0 fully saturated rings. The molecule has 0 amide bonds. The second-order valence-electron chi connectivity index (χ2n) is 2.80. The fourth-order valence-electron chi connectivity index (χ4n) is 1.25. The summed E-state index contributed by atoms with van der Waals surface area (Å²) in [4.78, 5) is 28.6. The minimum atomic E-state index is -1.16. The molecule has 0 N–H and O–H groups in total. The fourth-order valence-corrected chi connectivity index (χ4v) is 1.25. The molecule has 0 saturated carbocycles.